The molecule has 1 aromatic carbocycles. The van der Waals surface area contributed by atoms with Crippen LogP contribution in [0.4, 0.5) is 0 Å². The van der Waals surface area contributed by atoms with Gasteiger partial charge >= 0.3 is 0 Å². The lowest BCUT2D eigenvalue weighted by atomic mass is 10.1. The van der Waals surface area contributed by atoms with Crippen molar-refractivity contribution in [3.8, 4) is 5.75 Å². The maximum atomic E-state index is 5.68. The fourth-order valence-electron chi connectivity index (χ4n) is 1.82. The van der Waals surface area contributed by atoms with E-state index >= 15 is 0 Å². The fourth-order valence-corrected chi connectivity index (χ4v) is 1.95. The van der Waals surface area contributed by atoms with Crippen LogP contribution in [-0.4, -0.2) is 18.7 Å². The summed E-state index contributed by atoms with van der Waals surface area (Å²) in [5.41, 5.74) is 7.46. The molecule has 0 spiro atoms. The number of hydrogen-bond acceptors (Lipinski definition) is 3. The highest BCUT2D eigenvalue weighted by Crippen LogP contribution is 2.21. The molecule has 0 unspecified atom stereocenters. The van der Waals surface area contributed by atoms with E-state index in [1.54, 1.807) is 7.11 Å². The Hall–Kier alpha value is -1.13. The van der Waals surface area contributed by atoms with E-state index in [0.29, 0.717) is 11.6 Å². The summed E-state index contributed by atoms with van der Waals surface area (Å²) < 4.78 is 11.0. The molecule has 3 nitrogen and oxygen atoms in total. The highest BCUT2D eigenvalue weighted by molar-refractivity contribution is 7.80. The van der Waals surface area contributed by atoms with Crippen LogP contribution in [0.2, 0.25) is 0 Å². The predicted octanol–water partition coefficient (Wildman–Crippen LogP) is 3.28. The molecule has 2 N–H and O–H groups in total. The molecule has 0 fully saturated rings. The minimum absolute atomic E-state index is 0.392. The zero-order valence-corrected chi connectivity index (χ0v) is 12.8. The van der Waals surface area contributed by atoms with E-state index in [-0.39, 0.29) is 0 Å². The van der Waals surface area contributed by atoms with Crippen LogP contribution in [0.15, 0.2) is 18.2 Å². The van der Waals surface area contributed by atoms with E-state index in [9.17, 15) is 0 Å². The van der Waals surface area contributed by atoms with E-state index in [1.165, 1.54) is 6.42 Å². The van der Waals surface area contributed by atoms with Gasteiger partial charge in [-0.2, -0.15) is 0 Å². The Bertz CT molecular complexity index is 419. The molecule has 0 saturated carbocycles. The zero-order chi connectivity index (χ0) is 14.3. The van der Waals surface area contributed by atoms with Crippen molar-refractivity contribution in [2.45, 2.75) is 33.3 Å². The van der Waals surface area contributed by atoms with Crippen molar-refractivity contribution in [2.75, 3.05) is 13.7 Å². The van der Waals surface area contributed by atoms with Crippen molar-refractivity contribution in [3.63, 3.8) is 0 Å². The molecule has 0 aromatic heterocycles. The van der Waals surface area contributed by atoms with Crippen LogP contribution in [0.3, 0.4) is 0 Å². The molecule has 0 amide bonds. The number of hydrogen-bond donors (Lipinski definition) is 1. The van der Waals surface area contributed by atoms with Gasteiger partial charge in [-0.15, -0.1) is 0 Å². The monoisotopic (exact) mass is 281 g/mol. The number of methoxy groups -OCH3 is 1. The Kier molecular flexibility index (Phi) is 6.81. The normalized spacial score (nSPS) is 10.7. The molecule has 19 heavy (non-hydrogen) atoms. The highest BCUT2D eigenvalue weighted by atomic mass is 32.1. The van der Waals surface area contributed by atoms with Crippen molar-refractivity contribution in [3.05, 3.63) is 29.3 Å². The van der Waals surface area contributed by atoms with Gasteiger partial charge in [0.15, 0.2) is 0 Å². The van der Waals surface area contributed by atoms with Crippen LogP contribution in [0.25, 0.3) is 0 Å². The maximum Gasteiger partial charge on any atom is 0.124 e. The van der Waals surface area contributed by atoms with Crippen LogP contribution in [-0.2, 0) is 11.3 Å². The van der Waals surface area contributed by atoms with Crippen LogP contribution in [0.5, 0.6) is 5.75 Å². The molecular weight excluding hydrogens is 258 g/mol. The van der Waals surface area contributed by atoms with Crippen LogP contribution < -0.4 is 10.5 Å². The van der Waals surface area contributed by atoms with Gasteiger partial charge in [-0.05, 0) is 37.0 Å². The van der Waals surface area contributed by atoms with Crippen molar-refractivity contribution in [1.29, 1.82) is 0 Å². The average molecular weight is 281 g/mol. The summed E-state index contributed by atoms with van der Waals surface area (Å²) in [7, 11) is 1.65. The molecule has 106 valence electrons. The third-order valence-electron chi connectivity index (χ3n) is 2.89. The lowest BCUT2D eigenvalue weighted by Gasteiger charge is -2.11. The summed E-state index contributed by atoms with van der Waals surface area (Å²) in [6, 6.07) is 5.67. The second-order valence-corrected chi connectivity index (χ2v) is 5.42. The smallest absolute Gasteiger partial charge is 0.124 e. The second kappa shape index (κ2) is 8.12. The minimum Gasteiger partial charge on any atom is -0.496 e. The number of benzene rings is 1. The molecule has 1 rings (SSSR count). The molecule has 4 heteroatoms. The van der Waals surface area contributed by atoms with Crippen molar-refractivity contribution < 1.29 is 9.47 Å². The summed E-state index contributed by atoms with van der Waals surface area (Å²) in [6.07, 6.45) is 2.26. The molecule has 0 radical (unpaired) electrons. The number of nitrogens with two attached hydrogens (primary N) is 1. The lowest BCUT2D eigenvalue weighted by molar-refractivity contribution is 0.113. The van der Waals surface area contributed by atoms with Crippen molar-refractivity contribution >= 4 is 17.2 Å². The first-order valence-corrected chi connectivity index (χ1v) is 7.00. The quantitative estimate of drug-likeness (QED) is 0.586. The van der Waals surface area contributed by atoms with Crippen LogP contribution in [0, 0.1) is 5.92 Å². The van der Waals surface area contributed by atoms with Gasteiger partial charge in [-0.25, -0.2) is 0 Å². The minimum atomic E-state index is 0.392. The number of thiocarbonyl (C=S) groups is 1. The third-order valence-corrected chi connectivity index (χ3v) is 3.13. The Morgan fingerprint density at radius 3 is 2.68 bits per heavy atom. The van der Waals surface area contributed by atoms with Gasteiger partial charge in [0.2, 0.25) is 0 Å². The molecule has 0 aliphatic heterocycles. The summed E-state index contributed by atoms with van der Waals surface area (Å²) in [5.74, 6) is 1.53. The van der Waals surface area contributed by atoms with Gasteiger partial charge in [-0.3, -0.25) is 0 Å². The van der Waals surface area contributed by atoms with E-state index < -0.39 is 0 Å². The van der Waals surface area contributed by atoms with E-state index in [1.807, 2.05) is 18.2 Å². The Labute approximate surface area is 121 Å². The first kappa shape index (κ1) is 15.9. The van der Waals surface area contributed by atoms with E-state index in [2.05, 4.69) is 13.8 Å². The van der Waals surface area contributed by atoms with E-state index in [4.69, 9.17) is 27.4 Å². The summed E-state index contributed by atoms with van der Waals surface area (Å²) in [4.78, 5) is 0.392. The van der Waals surface area contributed by atoms with Crippen LogP contribution in [0.1, 0.15) is 37.8 Å². The topological polar surface area (TPSA) is 44.5 Å². The first-order valence-electron chi connectivity index (χ1n) is 6.59. The zero-order valence-electron chi connectivity index (χ0n) is 11.9. The third kappa shape index (κ3) is 5.57. The van der Waals surface area contributed by atoms with Gasteiger partial charge in [0.1, 0.15) is 10.7 Å². The van der Waals surface area contributed by atoms with Crippen molar-refractivity contribution in [2.24, 2.45) is 11.7 Å². The SMILES string of the molecule is COc1ccc(C(N)=S)cc1COCCCC(C)C. The molecule has 0 saturated heterocycles. The van der Waals surface area contributed by atoms with Crippen molar-refractivity contribution in [1.82, 2.24) is 0 Å². The predicted molar refractivity (Wildman–Crippen MR) is 82.6 cm³/mol. The molecule has 1 aromatic rings. The summed E-state index contributed by atoms with van der Waals surface area (Å²) >= 11 is 4.98. The molecule has 0 aliphatic carbocycles. The standard InChI is InChI=1S/C15H23NO2S/c1-11(2)5-4-8-18-10-13-9-12(15(16)19)6-7-14(13)17-3/h6-7,9,11H,4-5,8,10H2,1-3H3,(H2,16,19). The number of ether oxygens (including phenoxy) is 2. The molecule has 0 aliphatic rings. The molecule has 0 atom stereocenters. The van der Waals surface area contributed by atoms with Crippen LogP contribution >= 0.6 is 12.2 Å². The van der Waals surface area contributed by atoms with Gasteiger partial charge in [-0.1, -0.05) is 26.1 Å². The van der Waals surface area contributed by atoms with Gasteiger partial charge in [0, 0.05) is 17.7 Å². The fraction of sp³-hybridized carbons (Fsp3) is 0.533. The maximum absolute atomic E-state index is 5.68. The molecule has 0 bridgehead atoms. The number of rotatable bonds is 8. The first-order chi connectivity index (χ1) is 9.04. The van der Waals surface area contributed by atoms with Gasteiger partial charge in [0.05, 0.1) is 13.7 Å². The molecular formula is C15H23NO2S. The largest absolute Gasteiger partial charge is 0.496 e. The Balaban J connectivity index is 2.55. The second-order valence-electron chi connectivity index (χ2n) is 4.98. The average Bonchev–Trinajstić information content (AvgIpc) is 2.37. The highest BCUT2D eigenvalue weighted by Gasteiger charge is 2.06. The molecule has 0 heterocycles. The Morgan fingerprint density at radius 2 is 2.11 bits per heavy atom. The van der Waals surface area contributed by atoms with Gasteiger partial charge in [0.25, 0.3) is 0 Å². The summed E-state index contributed by atoms with van der Waals surface area (Å²) in [5, 5.41) is 0. The van der Waals surface area contributed by atoms with E-state index in [0.717, 1.165) is 35.8 Å². The summed E-state index contributed by atoms with van der Waals surface area (Å²) in [6.45, 7) is 5.72. The van der Waals surface area contributed by atoms with Gasteiger partial charge < -0.3 is 15.2 Å². The Morgan fingerprint density at radius 1 is 1.37 bits per heavy atom. The lowest BCUT2D eigenvalue weighted by Crippen LogP contribution is -2.10.